The van der Waals surface area contributed by atoms with Crippen LogP contribution in [0.4, 0.5) is 0 Å². The maximum absolute atomic E-state index is 13.5. The molecule has 0 saturated carbocycles. The minimum atomic E-state index is -0.0918. The molecule has 2 N–H and O–H groups in total. The number of amides is 1. The number of benzene rings is 1. The van der Waals surface area contributed by atoms with Crippen LogP contribution >= 0.6 is 0 Å². The van der Waals surface area contributed by atoms with Gasteiger partial charge in [-0.05, 0) is 61.9 Å². The summed E-state index contributed by atoms with van der Waals surface area (Å²) < 4.78 is 0. The maximum Gasteiger partial charge on any atom is 0.240 e. The Morgan fingerprint density at radius 3 is 2.68 bits per heavy atom. The van der Waals surface area contributed by atoms with Crippen molar-refractivity contribution in [2.45, 2.75) is 45.3 Å². The zero-order valence-electron chi connectivity index (χ0n) is 16.7. The van der Waals surface area contributed by atoms with E-state index >= 15 is 0 Å². The fourth-order valence-electron chi connectivity index (χ4n) is 4.53. The fourth-order valence-corrected chi connectivity index (χ4v) is 4.53. The van der Waals surface area contributed by atoms with Crippen molar-refractivity contribution in [1.82, 2.24) is 20.5 Å². The molecule has 1 unspecified atom stereocenters. The van der Waals surface area contributed by atoms with Crippen LogP contribution in [-0.4, -0.2) is 41.5 Å². The Labute approximate surface area is 167 Å². The third kappa shape index (κ3) is 4.26. The van der Waals surface area contributed by atoms with Crippen LogP contribution in [0.25, 0.3) is 0 Å². The quantitative estimate of drug-likeness (QED) is 0.840. The van der Waals surface area contributed by atoms with Crippen LogP contribution in [0.15, 0.2) is 48.7 Å². The number of carbonyl (C=O) groups is 1. The lowest BCUT2D eigenvalue weighted by molar-refractivity contribution is -0.134. The normalized spacial score (nSPS) is 21.0. The van der Waals surface area contributed by atoms with Crippen LogP contribution in [-0.2, 0) is 17.9 Å². The molecule has 2 aromatic rings. The van der Waals surface area contributed by atoms with E-state index in [1.165, 1.54) is 0 Å². The average molecular weight is 379 g/mol. The lowest BCUT2D eigenvalue weighted by Gasteiger charge is -2.33. The van der Waals surface area contributed by atoms with E-state index in [4.69, 9.17) is 0 Å². The van der Waals surface area contributed by atoms with E-state index in [0.29, 0.717) is 13.1 Å². The first-order valence-corrected chi connectivity index (χ1v) is 10.3. The number of aromatic nitrogens is 1. The SMILES string of the molecule is Cc1cccnc1CN(Cc1ccccc1)C(=O)C1CC2(CCNCC2)CN1. The molecule has 0 radical (unpaired) electrons. The van der Waals surface area contributed by atoms with Gasteiger partial charge in [0.1, 0.15) is 0 Å². The molecule has 0 aliphatic carbocycles. The summed E-state index contributed by atoms with van der Waals surface area (Å²) in [6.45, 7) is 6.29. The third-order valence-corrected chi connectivity index (χ3v) is 6.31. The molecule has 148 valence electrons. The van der Waals surface area contributed by atoms with Gasteiger partial charge in [0.15, 0.2) is 0 Å². The fraction of sp³-hybridized carbons (Fsp3) is 0.478. The van der Waals surface area contributed by atoms with Crippen molar-refractivity contribution in [2.75, 3.05) is 19.6 Å². The first-order valence-electron chi connectivity index (χ1n) is 10.3. The topological polar surface area (TPSA) is 57.3 Å². The molecular formula is C23H30N4O. The van der Waals surface area contributed by atoms with Crippen LogP contribution in [0.1, 0.15) is 36.1 Å². The van der Waals surface area contributed by atoms with Crippen LogP contribution in [0.5, 0.6) is 0 Å². The molecule has 1 atom stereocenters. The summed E-state index contributed by atoms with van der Waals surface area (Å²) in [5.41, 5.74) is 3.54. The largest absolute Gasteiger partial charge is 0.331 e. The minimum absolute atomic E-state index is 0.0918. The van der Waals surface area contributed by atoms with Gasteiger partial charge in [0.05, 0.1) is 18.3 Å². The van der Waals surface area contributed by atoms with Crippen molar-refractivity contribution in [3.05, 3.63) is 65.5 Å². The maximum atomic E-state index is 13.5. The van der Waals surface area contributed by atoms with Crippen LogP contribution in [0.2, 0.25) is 0 Å². The van der Waals surface area contributed by atoms with E-state index in [1.807, 2.05) is 35.4 Å². The monoisotopic (exact) mass is 378 g/mol. The number of rotatable bonds is 5. The van der Waals surface area contributed by atoms with Crippen molar-refractivity contribution in [2.24, 2.45) is 5.41 Å². The number of pyridine rings is 1. The summed E-state index contributed by atoms with van der Waals surface area (Å²) in [5, 5.41) is 6.99. The summed E-state index contributed by atoms with van der Waals surface area (Å²) in [7, 11) is 0. The third-order valence-electron chi connectivity index (χ3n) is 6.31. The summed E-state index contributed by atoms with van der Waals surface area (Å²) >= 11 is 0. The molecule has 2 saturated heterocycles. The van der Waals surface area contributed by atoms with Crippen molar-refractivity contribution in [3.63, 3.8) is 0 Å². The highest BCUT2D eigenvalue weighted by Crippen LogP contribution is 2.38. The number of nitrogens with zero attached hydrogens (tertiary/aromatic N) is 2. The number of piperidine rings is 1. The van der Waals surface area contributed by atoms with E-state index < -0.39 is 0 Å². The standard InChI is InChI=1S/C23H30N4O/c1-18-6-5-11-25-21(18)16-27(15-19-7-3-2-4-8-19)22(28)20-14-23(17-26-20)9-12-24-13-10-23/h2-8,11,20,24,26H,9-10,12-17H2,1H3. The lowest BCUT2D eigenvalue weighted by atomic mass is 9.77. The Morgan fingerprint density at radius 1 is 1.14 bits per heavy atom. The number of nitrogens with one attached hydrogen (secondary N) is 2. The highest BCUT2D eigenvalue weighted by atomic mass is 16.2. The second-order valence-corrected chi connectivity index (χ2v) is 8.33. The summed E-state index contributed by atoms with van der Waals surface area (Å²) in [4.78, 5) is 20.0. The van der Waals surface area contributed by atoms with Crippen molar-refractivity contribution in [3.8, 4) is 0 Å². The van der Waals surface area contributed by atoms with E-state index in [-0.39, 0.29) is 17.4 Å². The molecule has 1 aromatic heterocycles. The highest BCUT2D eigenvalue weighted by Gasteiger charge is 2.43. The summed E-state index contributed by atoms with van der Waals surface area (Å²) in [6, 6.07) is 14.2. The van der Waals surface area contributed by atoms with Gasteiger partial charge < -0.3 is 15.5 Å². The molecule has 1 spiro atoms. The molecule has 1 amide bonds. The van der Waals surface area contributed by atoms with Gasteiger partial charge >= 0.3 is 0 Å². The Hall–Kier alpha value is -2.24. The molecule has 5 heteroatoms. The average Bonchev–Trinajstić information content (AvgIpc) is 3.13. The Kier molecular flexibility index (Phi) is 5.74. The van der Waals surface area contributed by atoms with Crippen molar-refractivity contribution in [1.29, 1.82) is 0 Å². The second kappa shape index (κ2) is 8.41. The number of carbonyl (C=O) groups excluding carboxylic acids is 1. The van der Waals surface area contributed by atoms with E-state index in [1.54, 1.807) is 0 Å². The number of hydrogen-bond donors (Lipinski definition) is 2. The van der Waals surface area contributed by atoms with Crippen LogP contribution < -0.4 is 10.6 Å². The summed E-state index contributed by atoms with van der Waals surface area (Å²) in [5.74, 6) is 0.198. The van der Waals surface area contributed by atoms with Gasteiger partial charge in [-0.15, -0.1) is 0 Å². The van der Waals surface area contributed by atoms with Gasteiger partial charge in [0.2, 0.25) is 5.91 Å². The van der Waals surface area contributed by atoms with Gasteiger partial charge in [-0.1, -0.05) is 36.4 Å². The number of aryl methyl sites for hydroxylation is 1. The molecule has 3 heterocycles. The first-order chi connectivity index (χ1) is 13.7. The van der Waals surface area contributed by atoms with Gasteiger partial charge in [-0.3, -0.25) is 9.78 Å². The predicted molar refractivity (Wildman–Crippen MR) is 111 cm³/mol. The Bertz CT molecular complexity index is 801. The molecular weight excluding hydrogens is 348 g/mol. The van der Waals surface area contributed by atoms with E-state index in [0.717, 1.165) is 55.7 Å². The van der Waals surface area contributed by atoms with Crippen molar-refractivity contribution < 1.29 is 4.79 Å². The molecule has 5 nitrogen and oxygen atoms in total. The van der Waals surface area contributed by atoms with Crippen molar-refractivity contribution >= 4 is 5.91 Å². The van der Waals surface area contributed by atoms with Gasteiger partial charge in [0, 0.05) is 19.3 Å². The first kappa shape index (κ1) is 19.1. The summed E-state index contributed by atoms with van der Waals surface area (Å²) in [6.07, 6.45) is 5.06. The molecule has 4 rings (SSSR count). The molecule has 2 aliphatic rings. The molecule has 1 aromatic carbocycles. The van der Waals surface area contributed by atoms with E-state index in [2.05, 4.69) is 40.7 Å². The minimum Gasteiger partial charge on any atom is -0.331 e. The number of hydrogen-bond acceptors (Lipinski definition) is 4. The highest BCUT2D eigenvalue weighted by molar-refractivity contribution is 5.82. The van der Waals surface area contributed by atoms with E-state index in [9.17, 15) is 4.79 Å². The van der Waals surface area contributed by atoms with Crippen LogP contribution in [0.3, 0.4) is 0 Å². The zero-order chi connectivity index (χ0) is 19.4. The molecule has 2 fully saturated rings. The smallest absolute Gasteiger partial charge is 0.240 e. The van der Waals surface area contributed by atoms with Gasteiger partial charge in [0.25, 0.3) is 0 Å². The van der Waals surface area contributed by atoms with Gasteiger partial charge in [-0.2, -0.15) is 0 Å². The second-order valence-electron chi connectivity index (χ2n) is 8.33. The zero-order valence-corrected chi connectivity index (χ0v) is 16.7. The molecule has 28 heavy (non-hydrogen) atoms. The van der Waals surface area contributed by atoms with Gasteiger partial charge in [-0.25, -0.2) is 0 Å². The predicted octanol–water partition coefficient (Wildman–Crippen LogP) is 2.65. The Morgan fingerprint density at radius 2 is 1.93 bits per heavy atom. The van der Waals surface area contributed by atoms with Crippen LogP contribution in [0, 0.1) is 12.3 Å². The lowest BCUT2D eigenvalue weighted by Crippen LogP contribution is -2.43. The molecule has 2 aliphatic heterocycles. The molecule has 0 bridgehead atoms. The Balaban J connectivity index is 1.52.